The number of hydrogen-bond acceptors (Lipinski definition) is 14. The second kappa shape index (κ2) is 40.2. The molecule has 0 unspecified atom stereocenters. The minimum absolute atomic E-state index is 0.00888. The molecule has 16 nitrogen and oxygen atoms in total. The van der Waals surface area contributed by atoms with E-state index in [0.29, 0.717) is 158 Å². The number of rotatable bonds is 41. The summed E-state index contributed by atoms with van der Waals surface area (Å²) in [6.45, 7) is 15.5. The van der Waals surface area contributed by atoms with Gasteiger partial charge in [-0.25, -0.2) is 0 Å². The second-order valence-electron chi connectivity index (χ2n) is 9.49. The number of carbonyl (C=O) groups is 2. The van der Waals surface area contributed by atoms with Crippen molar-refractivity contribution in [3.05, 3.63) is 12.8 Å². The average Bonchev–Trinajstić information content (AvgIpc) is 3.06. The molecule has 0 aromatic heterocycles. The molecular formula is C31H60N2O14. The summed E-state index contributed by atoms with van der Waals surface area (Å²) in [6.07, 6.45) is 2.16. The molecule has 0 aliphatic rings. The third-order valence-corrected chi connectivity index (χ3v) is 5.62. The highest BCUT2D eigenvalue weighted by Crippen LogP contribution is 1.94. The maximum atomic E-state index is 11.5. The van der Waals surface area contributed by atoms with Gasteiger partial charge in [-0.2, -0.15) is 0 Å². The number of carboxylic acid groups (broad SMARTS) is 1. The highest BCUT2D eigenvalue weighted by atomic mass is 16.6. The highest BCUT2D eigenvalue weighted by molar-refractivity contribution is 5.76. The van der Waals surface area contributed by atoms with Crippen molar-refractivity contribution in [1.29, 1.82) is 0 Å². The van der Waals surface area contributed by atoms with Gasteiger partial charge in [0.1, 0.15) is 0 Å². The summed E-state index contributed by atoms with van der Waals surface area (Å²) in [5.74, 6) is -1.08. The SMILES string of the molecule is C=CNCCOCCOCCOCCOCCOCCOCCOCCOCCOCCOCCOCCNC(=O)CCCC(=O)O. The molecule has 0 aromatic rings. The molecule has 0 aliphatic carbocycles. The van der Waals surface area contributed by atoms with Crippen molar-refractivity contribution in [2.24, 2.45) is 0 Å². The molecule has 0 saturated heterocycles. The lowest BCUT2D eigenvalue weighted by Crippen LogP contribution is -2.27. The monoisotopic (exact) mass is 684 g/mol. The Morgan fingerprint density at radius 1 is 0.447 bits per heavy atom. The Kier molecular flexibility index (Phi) is 38.5. The van der Waals surface area contributed by atoms with Crippen LogP contribution in [0, 0.1) is 0 Å². The zero-order valence-electron chi connectivity index (χ0n) is 28.1. The summed E-state index contributed by atoms with van der Waals surface area (Å²) >= 11 is 0. The van der Waals surface area contributed by atoms with Crippen LogP contribution >= 0.6 is 0 Å². The molecule has 0 saturated carbocycles. The summed E-state index contributed by atoms with van der Waals surface area (Å²) in [7, 11) is 0. The fraction of sp³-hybridized carbons (Fsp3) is 0.871. The van der Waals surface area contributed by atoms with E-state index in [0.717, 1.165) is 6.54 Å². The summed E-state index contributed by atoms with van der Waals surface area (Å²) < 4.78 is 59.7. The van der Waals surface area contributed by atoms with Crippen molar-refractivity contribution in [2.75, 3.05) is 158 Å². The quantitative estimate of drug-likeness (QED) is 0.0747. The Balaban J connectivity index is 3.09. The van der Waals surface area contributed by atoms with Gasteiger partial charge in [0, 0.05) is 25.9 Å². The molecule has 16 heteroatoms. The van der Waals surface area contributed by atoms with Gasteiger partial charge in [-0.05, 0) is 12.6 Å². The molecule has 47 heavy (non-hydrogen) atoms. The zero-order chi connectivity index (χ0) is 34.1. The van der Waals surface area contributed by atoms with Crippen molar-refractivity contribution in [3.8, 4) is 0 Å². The van der Waals surface area contributed by atoms with Crippen LogP contribution in [0.1, 0.15) is 19.3 Å². The number of hydrogen-bond donors (Lipinski definition) is 3. The molecule has 3 N–H and O–H groups in total. The predicted octanol–water partition coefficient (Wildman–Crippen LogP) is 0.273. The van der Waals surface area contributed by atoms with Crippen LogP contribution in [0.3, 0.4) is 0 Å². The Hall–Kier alpha value is -1.96. The third kappa shape index (κ3) is 42.0. The summed E-state index contributed by atoms with van der Waals surface area (Å²) in [4.78, 5) is 21.9. The van der Waals surface area contributed by atoms with E-state index in [4.69, 9.17) is 57.2 Å². The van der Waals surface area contributed by atoms with E-state index in [9.17, 15) is 9.59 Å². The van der Waals surface area contributed by atoms with Crippen molar-refractivity contribution < 1.29 is 66.8 Å². The Labute approximate surface area is 279 Å². The first-order chi connectivity index (χ1) is 23.2. The standard InChI is InChI=1S/C31H60N2O14/c1-2-32-6-8-37-10-12-39-14-16-41-18-20-43-22-24-45-26-28-47-29-27-46-25-23-44-21-19-42-17-15-40-13-11-38-9-7-33-30(34)4-3-5-31(35)36/h2,32H,1,3-29H2,(H,33,34)(H,35,36). The van der Waals surface area contributed by atoms with Crippen molar-refractivity contribution in [1.82, 2.24) is 10.6 Å². The van der Waals surface area contributed by atoms with Gasteiger partial charge in [-0.15, -0.1) is 0 Å². The van der Waals surface area contributed by atoms with E-state index in [-0.39, 0.29) is 18.7 Å². The van der Waals surface area contributed by atoms with Crippen LogP contribution < -0.4 is 10.6 Å². The molecule has 0 atom stereocenters. The van der Waals surface area contributed by atoms with Gasteiger partial charge in [0.25, 0.3) is 0 Å². The first-order valence-electron chi connectivity index (χ1n) is 16.3. The number of carbonyl (C=O) groups excluding carboxylic acids is 1. The molecule has 0 aliphatic heterocycles. The first kappa shape index (κ1) is 45.0. The number of aliphatic carboxylic acids is 1. The van der Waals surface area contributed by atoms with E-state index in [2.05, 4.69) is 17.2 Å². The topological polar surface area (TPSA) is 180 Å². The van der Waals surface area contributed by atoms with Crippen molar-refractivity contribution >= 4 is 11.9 Å². The summed E-state index contributed by atoms with van der Waals surface area (Å²) in [5.41, 5.74) is 0. The normalized spacial score (nSPS) is 11.1. The number of nitrogens with one attached hydrogen (secondary N) is 2. The number of ether oxygens (including phenoxy) is 11. The lowest BCUT2D eigenvalue weighted by Gasteiger charge is -2.09. The Morgan fingerprint density at radius 2 is 0.723 bits per heavy atom. The van der Waals surface area contributed by atoms with Crippen LogP contribution in [0.25, 0.3) is 0 Å². The maximum Gasteiger partial charge on any atom is 0.303 e. The second-order valence-corrected chi connectivity index (χ2v) is 9.49. The Bertz CT molecular complexity index is 678. The maximum absolute atomic E-state index is 11.5. The van der Waals surface area contributed by atoms with Gasteiger partial charge in [0.05, 0.1) is 145 Å². The van der Waals surface area contributed by atoms with E-state index < -0.39 is 5.97 Å². The molecule has 0 fully saturated rings. The molecule has 0 radical (unpaired) electrons. The van der Waals surface area contributed by atoms with Gasteiger partial charge < -0.3 is 67.8 Å². The average molecular weight is 685 g/mol. The molecule has 0 rings (SSSR count). The molecule has 0 bridgehead atoms. The number of carboxylic acids is 1. The van der Waals surface area contributed by atoms with Gasteiger partial charge in [0.15, 0.2) is 0 Å². The van der Waals surface area contributed by atoms with Crippen LogP contribution in [-0.2, 0) is 61.7 Å². The lowest BCUT2D eigenvalue weighted by atomic mass is 10.2. The summed E-state index contributed by atoms with van der Waals surface area (Å²) in [5, 5.41) is 14.2. The highest BCUT2D eigenvalue weighted by Gasteiger charge is 2.03. The van der Waals surface area contributed by atoms with Crippen LogP contribution in [0.5, 0.6) is 0 Å². The zero-order valence-corrected chi connectivity index (χ0v) is 28.1. The smallest absolute Gasteiger partial charge is 0.303 e. The van der Waals surface area contributed by atoms with Gasteiger partial charge in [-0.1, -0.05) is 6.58 Å². The van der Waals surface area contributed by atoms with Crippen LogP contribution in [0.15, 0.2) is 12.8 Å². The minimum atomic E-state index is -0.902. The first-order valence-corrected chi connectivity index (χ1v) is 16.3. The summed E-state index contributed by atoms with van der Waals surface area (Å²) in [6, 6.07) is 0. The molecular weight excluding hydrogens is 624 g/mol. The van der Waals surface area contributed by atoms with Gasteiger partial charge >= 0.3 is 5.97 Å². The van der Waals surface area contributed by atoms with Gasteiger partial charge in [-0.3, -0.25) is 9.59 Å². The Morgan fingerprint density at radius 3 is 1.00 bits per heavy atom. The van der Waals surface area contributed by atoms with E-state index in [1.165, 1.54) is 0 Å². The van der Waals surface area contributed by atoms with Crippen molar-refractivity contribution in [2.45, 2.75) is 19.3 Å². The van der Waals surface area contributed by atoms with E-state index >= 15 is 0 Å². The molecule has 0 heterocycles. The third-order valence-electron chi connectivity index (χ3n) is 5.62. The molecule has 1 amide bonds. The van der Waals surface area contributed by atoms with Crippen molar-refractivity contribution in [3.63, 3.8) is 0 Å². The predicted molar refractivity (Wildman–Crippen MR) is 172 cm³/mol. The molecule has 278 valence electrons. The van der Waals surface area contributed by atoms with Gasteiger partial charge in [0.2, 0.25) is 5.91 Å². The van der Waals surface area contributed by atoms with Crippen LogP contribution in [-0.4, -0.2) is 175 Å². The molecule has 0 aromatic carbocycles. The fourth-order valence-corrected chi connectivity index (χ4v) is 3.29. The largest absolute Gasteiger partial charge is 0.481 e. The fourth-order valence-electron chi connectivity index (χ4n) is 3.29. The minimum Gasteiger partial charge on any atom is -0.481 e. The van der Waals surface area contributed by atoms with E-state index in [1.807, 2.05) is 0 Å². The lowest BCUT2D eigenvalue weighted by molar-refractivity contribution is -0.137. The van der Waals surface area contributed by atoms with Crippen LogP contribution in [0.2, 0.25) is 0 Å². The van der Waals surface area contributed by atoms with Crippen LogP contribution in [0.4, 0.5) is 0 Å². The number of amides is 1. The van der Waals surface area contributed by atoms with E-state index in [1.54, 1.807) is 6.20 Å². The molecule has 0 spiro atoms.